The Morgan fingerprint density at radius 1 is 1.08 bits per heavy atom. The van der Waals surface area contributed by atoms with Crippen molar-refractivity contribution in [2.45, 2.75) is 11.3 Å². The fourth-order valence-corrected chi connectivity index (χ4v) is 5.72. The minimum absolute atomic E-state index is 0.00490. The van der Waals surface area contributed by atoms with Gasteiger partial charge in [-0.25, -0.2) is 16.8 Å². The maximum Gasteiger partial charge on any atom is 0.261 e. The highest BCUT2D eigenvalue weighted by Crippen LogP contribution is 2.34. The van der Waals surface area contributed by atoms with Crippen molar-refractivity contribution in [1.29, 1.82) is 0 Å². The molecule has 1 heterocycles. The largest absolute Gasteiger partial charge is 0.280 e. The summed E-state index contributed by atoms with van der Waals surface area (Å²) in [5.41, 5.74) is 0.465. The summed E-state index contributed by atoms with van der Waals surface area (Å²) in [6.45, 7) is 0.312. The molecule has 0 aromatic heterocycles. The van der Waals surface area contributed by atoms with E-state index in [1.54, 1.807) is 6.07 Å². The third kappa shape index (κ3) is 3.87. The topological polar surface area (TPSA) is 83.6 Å². The number of anilines is 2. The van der Waals surface area contributed by atoms with Gasteiger partial charge >= 0.3 is 0 Å². The Kier molecular flexibility index (Phi) is 4.89. The lowest BCUT2D eigenvalue weighted by atomic mass is 10.3. The lowest BCUT2D eigenvalue weighted by molar-refractivity contribution is 0.598. The zero-order valence-electron chi connectivity index (χ0n) is 12.8. The summed E-state index contributed by atoms with van der Waals surface area (Å²) < 4.78 is 52.7. The van der Waals surface area contributed by atoms with Crippen LogP contribution in [-0.4, -0.2) is 29.1 Å². The molecule has 0 aliphatic carbocycles. The van der Waals surface area contributed by atoms with E-state index in [0.717, 1.165) is 0 Å². The molecule has 25 heavy (non-hydrogen) atoms. The summed E-state index contributed by atoms with van der Waals surface area (Å²) in [6.07, 6.45) is 0.497. The fraction of sp³-hybridized carbons (Fsp3) is 0.200. The Morgan fingerprint density at radius 2 is 1.84 bits per heavy atom. The summed E-state index contributed by atoms with van der Waals surface area (Å²) in [7, 11) is -7.29. The summed E-state index contributed by atoms with van der Waals surface area (Å²) in [6, 6.07) is 10.2. The third-order valence-electron chi connectivity index (χ3n) is 3.67. The van der Waals surface area contributed by atoms with E-state index in [4.69, 9.17) is 23.2 Å². The molecule has 2 aromatic rings. The Labute approximate surface area is 156 Å². The highest BCUT2D eigenvalue weighted by molar-refractivity contribution is 7.93. The second-order valence-electron chi connectivity index (χ2n) is 5.47. The van der Waals surface area contributed by atoms with E-state index >= 15 is 0 Å². The molecule has 134 valence electrons. The van der Waals surface area contributed by atoms with E-state index in [1.807, 2.05) is 0 Å². The number of sulfonamides is 2. The predicted octanol–water partition coefficient (Wildman–Crippen LogP) is 3.33. The molecule has 1 aliphatic rings. The summed E-state index contributed by atoms with van der Waals surface area (Å²) >= 11 is 11.9. The molecule has 1 N–H and O–H groups in total. The van der Waals surface area contributed by atoms with Crippen LogP contribution in [0.2, 0.25) is 10.0 Å². The van der Waals surface area contributed by atoms with E-state index in [1.165, 1.54) is 40.7 Å². The van der Waals surface area contributed by atoms with Crippen molar-refractivity contribution < 1.29 is 16.8 Å². The quantitative estimate of drug-likeness (QED) is 0.821. The molecule has 0 radical (unpaired) electrons. The number of rotatable bonds is 4. The second-order valence-corrected chi connectivity index (χ2v) is 10.0. The minimum Gasteiger partial charge on any atom is -0.280 e. The van der Waals surface area contributed by atoms with Crippen LogP contribution in [0.3, 0.4) is 0 Å². The Bertz CT molecular complexity index is 1020. The van der Waals surface area contributed by atoms with Crippen molar-refractivity contribution in [3.05, 3.63) is 52.5 Å². The van der Waals surface area contributed by atoms with Crippen molar-refractivity contribution in [3.63, 3.8) is 0 Å². The van der Waals surface area contributed by atoms with Crippen LogP contribution in [0.5, 0.6) is 0 Å². The zero-order valence-corrected chi connectivity index (χ0v) is 16.0. The highest BCUT2D eigenvalue weighted by atomic mass is 35.5. The number of hydrogen-bond acceptors (Lipinski definition) is 4. The molecule has 0 amide bonds. The zero-order chi connectivity index (χ0) is 18.2. The molecule has 1 saturated heterocycles. The van der Waals surface area contributed by atoms with E-state index in [9.17, 15) is 16.8 Å². The first kappa shape index (κ1) is 18.3. The number of halogens is 2. The van der Waals surface area contributed by atoms with Gasteiger partial charge in [-0.15, -0.1) is 0 Å². The number of hydrogen-bond donors (Lipinski definition) is 1. The number of nitrogens with one attached hydrogen (secondary N) is 1. The van der Waals surface area contributed by atoms with Gasteiger partial charge in [0.1, 0.15) is 0 Å². The SMILES string of the molecule is O=S(=O)(Nc1ccc(Cl)c(N2CCCS2(=O)=O)c1)c1cccc(Cl)c1. The molecular weight excluding hydrogens is 407 g/mol. The Morgan fingerprint density at radius 3 is 2.48 bits per heavy atom. The summed E-state index contributed by atoms with van der Waals surface area (Å²) in [5.74, 6) is 0.0435. The van der Waals surface area contributed by atoms with Crippen LogP contribution in [-0.2, 0) is 20.0 Å². The molecule has 10 heteroatoms. The summed E-state index contributed by atoms with van der Waals surface area (Å²) in [4.78, 5) is 0.00490. The second kappa shape index (κ2) is 6.68. The van der Waals surface area contributed by atoms with Gasteiger partial charge in [-0.3, -0.25) is 9.03 Å². The van der Waals surface area contributed by atoms with Gasteiger partial charge in [0.25, 0.3) is 10.0 Å². The molecule has 0 bridgehead atoms. The van der Waals surface area contributed by atoms with E-state index < -0.39 is 20.0 Å². The standard InChI is InChI=1S/C15H14Cl2N2O4S2/c16-11-3-1-4-13(9-11)25(22,23)18-12-5-6-14(17)15(10-12)19-7-2-8-24(19,20)21/h1,3-6,9-10,18H,2,7-8H2. The predicted molar refractivity (Wildman–Crippen MR) is 99.5 cm³/mol. The molecule has 2 aromatic carbocycles. The van der Waals surface area contributed by atoms with Crippen LogP contribution in [0, 0.1) is 0 Å². The van der Waals surface area contributed by atoms with E-state index in [-0.39, 0.29) is 27.0 Å². The van der Waals surface area contributed by atoms with Gasteiger partial charge in [0.05, 0.1) is 27.0 Å². The highest BCUT2D eigenvalue weighted by Gasteiger charge is 2.30. The number of nitrogens with zero attached hydrogens (tertiary/aromatic N) is 1. The van der Waals surface area contributed by atoms with Crippen LogP contribution in [0.4, 0.5) is 11.4 Å². The minimum atomic E-state index is -3.86. The average molecular weight is 421 g/mol. The molecule has 1 fully saturated rings. The molecule has 0 spiro atoms. The molecule has 0 atom stereocenters. The van der Waals surface area contributed by atoms with Gasteiger partial charge < -0.3 is 0 Å². The normalized spacial score (nSPS) is 16.8. The van der Waals surface area contributed by atoms with Crippen LogP contribution >= 0.6 is 23.2 Å². The van der Waals surface area contributed by atoms with Crippen molar-refractivity contribution in [3.8, 4) is 0 Å². The first-order chi connectivity index (χ1) is 11.7. The summed E-state index contributed by atoms with van der Waals surface area (Å²) in [5, 5.41) is 0.527. The van der Waals surface area contributed by atoms with Gasteiger partial charge in [-0.2, -0.15) is 0 Å². The first-order valence-corrected chi connectivity index (χ1v) is 11.1. The average Bonchev–Trinajstić information content (AvgIpc) is 2.88. The van der Waals surface area contributed by atoms with E-state index in [2.05, 4.69) is 4.72 Å². The first-order valence-electron chi connectivity index (χ1n) is 7.27. The van der Waals surface area contributed by atoms with Crippen LogP contribution < -0.4 is 9.03 Å². The third-order valence-corrected chi connectivity index (χ3v) is 7.46. The lowest BCUT2D eigenvalue weighted by Gasteiger charge is -2.19. The van der Waals surface area contributed by atoms with Crippen molar-refractivity contribution in [1.82, 2.24) is 0 Å². The van der Waals surface area contributed by atoms with Crippen molar-refractivity contribution in [2.75, 3.05) is 21.3 Å². The van der Waals surface area contributed by atoms with Crippen molar-refractivity contribution in [2.24, 2.45) is 0 Å². The lowest BCUT2D eigenvalue weighted by Crippen LogP contribution is -2.25. The molecule has 0 unspecified atom stereocenters. The van der Waals surface area contributed by atoms with Gasteiger partial charge in [0, 0.05) is 11.6 Å². The van der Waals surface area contributed by atoms with Gasteiger partial charge in [0.15, 0.2) is 0 Å². The Balaban J connectivity index is 1.95. The van der Waals surface area contributed by atoms with Gasteiger partial charge in [-0.1, -0.05) is 29.3 Å². The monoisotopic (exact) mass is 420 g/mol. The molecule has 6 nitrogen and oxygen atoms in total. The fourth-order valence-electron chi connectivity index (χ4n) is 2.53. The Hall–Kier alpha value is -1.48. The maximum absolute atomic E-state index is 12.5. The van der Waals surface area contributed by atoms with Gasteiger partial charge in [-0.05, 0) is 42.8 Å². The molecule has 1 aliphatic heterocycles. The van der Waals surface area contributed by atoms with Crippen LogP contribution in [0.25, 0.3) is 0 Å². The molecule has 0 saturated carbocycles. The van der Waals surface area contributed by atoms with Gasteiger partial charge in [0.2, 0.25) is 10.0 Å². The molecule has 3 rings (SSSR count). The van der Waals surface area contributed by atoms with Crippen LogP contribution in [0.1, 0.15) is 6.42 Å². The number of benzene rings is 2. The van der Waals surface area contributed by atoms with Crippen molar-refractivity contribution >= 4 is 54.6 Å². The smallest absolute Gasteiger partial charge is 0.261 e. The maximum atomic E-state index is 12.5. The van der Waals surface area contributed by atoms with Crippen LogP contribution in [0.15, 0.2) is 47.4 Å². The van der Waals surface area contributed by atoms with E-state index in [0.29, 0.717) is 18.0 Å². The molecular formula is C15H14Cl2N2O4S2.